The van der Waals surface area contributed by atoms with Crippen molar-refractivity contribution in [3.63, 3.8) is 0 Å². The molecule has 1 N–H and O–H groups in total. The van der Waals surface area contributed by atoms with Gasteiger partial charge in [-0.25, -0.2) is 0 Å². The highest BCUT2D eigenvalue weighted by Gasteiger charge is 2.27. The molecule has 0 bridgehead atoms. The van der Waals surface area contributed by atoms with Crippen LogP contribution < -0.4 is 5.32 Å². The molecule has 1 fully saturated rings. The Morgan fingerprint density at radius 1 is 1.36 bits per heavy atom. The summed E-state index contributed by atoms with van der Waals surface area (Å²) in [6.45, 7) is 3.55. The predicted molar refractivity (Wildman–Crippen MR) is 97.6 cm³/mol. The molecule has 3 rings (SSSR count). The van der Waals surface area contributed by atoms with Crippen LogP contribution >= 0.6 is 34.8 Å². The maximum Gasteiger partial charge on any atom is 0.238 e. The van der Waals surface area contributed by atoms with Gasteiger partial charge in [-0.1, -0.05) is 40.0 Å². The number of anilines is 1. The molecule has 6 nitrogen and oxygen atoms in total. The van der Waals surface area contributed by atoms with Gasteiger partial charge in [0.05, 0.1) is 28.2 Å². The first-order valence-electron chi connectivity index (χ1n) is 7.89. The molecule has 1 aliphatic heterocycles. The van der Waals surface area contributed by atoms with Crippen LogP contribution in [0.15, 0.2) is 16.7 Å². The zero-order valence-electron chi connectivity index (χ0n) is 13.6. The molecule has 0 aliphatic carbocycles. The SMILES string of the molecule is Cc1noc(C2CCCN(CC(=O)Nc3c(Cl)cc(Cl)cc3Cl)C2)n1. The number of nitrogens with one attached hydrogen (secondary N) is 1. The maximum absolute atomic E-state index is 12.4. The Morgan fingerprint density at radius 3 is 2.72 bits per heavy atom. The number of piperidine rings is 1. The molecule has 25 heavy (non-hydrogen) atoms. The molecule has 0 radical (unpaired) electrons. The van der Waals surface area contributed by atoms with Crippen LogP contribution in [0.1, 0.15) is 30.5 Å². The first kappa shape index (κ1) is 18.5. The summed E-state index contributed by atoms with van der Waals surface area (Å²) in [5.74, 6) is 1.21. The number of carbonyl (C=O) groups excluding carboxylic acids is 1. The second-order valence-electron chi connectivity index (χ2n) is 6.05. The van der Waals surface area contributed by atoms with Crippen molar-refractivity contribution < 1.29 is 9.32 Å². The third-order valence-electron chi connectivity index (χ3n) is 4.04. The Kier molecular flexibility index (Phi) is 5.84. The van der Waals surface area contributed by atoms with Crippen molar-refractivity contribution in [3.8, 4) is 0 Å². The third kappa shape index (κ3) is 4.64. The molecular weight excluding hydrogens is 387 g/mol. The zero-order valence-corrected chi connectivity index (χ0v) is 15.8. The van der Waals surface area contributed by atoms with E-state index in [0.29, 0.717) is 39.0 Å². The van der Waals surface area contributed by atoms with E-state index in [0.717, 1.165) is 19.4 Å². The molecule has 1 aromatic heterocycles. The minimum atomic E-state index is -0.187. The lowest BCUT2D eigenvalue weighted by atomic mass is 9.98. The molecule has 9 heteroatoms. The van der Waals surface area contributed by atoms with Crippen molar-refractivity contribution in [2.45, 2.75) is 25.7 Å². The predicted octanol–water partition coefficient (Wildman–Crippen LogP) is 4.16. The van der Waals surface area contributed by atoms with Crippen molar-refractivity contribution in [1.29, 1.82) is 0 Å². The summed E-state index contributed by atoms with van der Waals surface area (Å²) >= 11 is 18.1. The number of nitrogens with zero attached hydrogens (tertiary/aromatic N) is 3. The van der Waals surface area contributed by atoms with Gasteiger partial charge < -0.3 is 9.84 Å². The molecule has 2 aromatic rings. The average Bonchev–Trinajstić information content (AvgIpc) is 2.98. The van der Waals surface area contributed by atoms with Crippen LogP contribution in [0, 0.1) is 6.92 Å². The molecule has 0 saturated carbocycles. The van der Waals surface area contributed by atoms with Crippen LogP contribution in [0.2, 0.25) is 15.1 Å². The molecule has 1 saturated heterocycles. The van der Waals surface area contributed by atoms with Crippen molar-refractivity contribution in [3.05, 3.63) is 38.9 Å². The lowest BCUT2D eigenvalue weighted by molar-refractivity contribution is -0.117. The summed E-state index contributed by atoms with van der Waals surface area (Å²) < 4.78 is 5.26. The number of benzene rings is 1. The molecule has 2 heterocycles. The fourth-order valence-corrected chi connectivity index (χ4v) is 3.83. The number of halogens is 3. The van der Waals surface area contributed by atoms with Gasteiger partial charge in [0.15, 0.2) is 5.82 Å². The monoisotopic (exact) mass is 402 g/mol. The quantitative estimate of drug-likeness (QED) is 0.830. The number of amides is 1. The molecule has 1 atom stereocenters. The summed E-state index contributed by atoms with van der Waals surface area (Å²) in [5.41, 5.74) is 0.374. The zero-order chi connectivity index (χ0) is 18.0. The minimum Gasteiger partial charge on any atom is -0.339 e. The van der Waals surface area contributed by atoms with Crippen LogP contribution in [-0.2, 0) is 4.79 Å². The summed E-state index contributed by atoms with van der Waals surface area (Å²) in [6, 6.07) is 3.08. The lowest BCUT2D eigenvalue weighted by Crippen LogP contribution is -2.39. The summed E-state index contributed by atoms with van der Waals surface area (Å²) in [7, 11) is 0. The first-order chi connectivity index (χ1) is 11.9. The standard InChI is InChI=1S/C16H17Cl3N4O2/c1-9-20-16(25-22-9)10-3-2-4-23(7-10)8-14(24)21-15-12(18)5-11(17)6-13(15)19/h5-6,10H,2-4,7-8H2,1H3,(H,21,24). The van der Waals surface area contributed by atoms with Crippen LogP contribution in [0.4, 0.5) is 5.69 Å². The van der Waals surface area contributed by atoms with Gasteiger partial charge in [0.25, 0.3) is 0 Å². The number of likely N-dealkylation sites (tertiary alicyclic amines) is 1. The van der Waals surface area contributed by atoms with E-state index in [9.17, 15) is 4.79 Å². The first-order valence-corrected chi connectivity index (χ1v) is 9.02. The number of hydrogen-bond donors (Lipinski definition) is 1. The summed E-state index contributed by atoms with van der Waals surface area (Å²) in [4.78, 5) is 18.7. The lowest BCUT2D eigenvalue weighted by Gasteiger charge is -2.30. The Bertz CT molecular complexity index is 757. The van der Waals surface area contributed by atoms with Crippen molar-refractivity contribution in [2.24, 2.45) is 0 Å². The van der Waals surface area contributed by atoms with E-state index >= 15 is 0 Å². The highest BCUT2D eigenvalue weighted by molar-refractivity contribution is 6.42. The van der Waals surface area contributed by atoms with E-state index < -0.39 is 0 Å². The normalized spacial score (nSPS) is 18.3. The summed E-state index contributed by atoms with van der Waals surface area (Å²) in [6.07, 6.45) is 1.93. The minimum absolute atomic E-state index is 0.144. The van der Waals surface area contributed by atoms with Gasteiger partial charge in [0, 0.05) is 11.6 Å². The Morgan fingerprint density at radius 2 is 2.08 bits per heavy atom. The van der Waals surface area contributed by atoms with Crippen LogP contribution in [0.25, 0.3) is 0 Å². The van der Waals surface area contributed by atoms with Gasteiger partial charge in [-0.2, -0.15) is 4.98 Å². The Hall–Kier alpha value is -1.34. The van der Waals surface area contributed by atoms with Crippen LogP contribution in [0.5, 0.6) is 0 Å². The molecule has 1 amide bonds. The second-order valence-corrected chi connectivity index (χ2v) is 7.30. The smallest absolute Gasteiger partial charge is 0.238 e. The van der Waals surface area contributed by atoms with Gasteiger partial charge in [-0.3, -0.25) is 9.69 Å². The third-order valence-corrected chi connectivity index (χ3v) is 4.85. The Labute approximate surface area is 160 Å². The van der Waals surface area contributed by atoms with E-state index in [1.807, 2.05) is 0 Å². The van der Waals surface area contributed by atoms with Gasteiger partial charge in [-0.05, 0) is 38.4 Å². The summed E-state index contributed by atoms with van der Waals surface area (Å²) in [5, 5.41) is 7.63. The van der Waals surface area contributed by atoms with Gasteiger partial charge >= 0.3 is 0 Å². The van der Waals surface area contributed by atoms with Crippen molar-refractivity contribution >= 4 is 46.4 Å². The van der Waals surface area contributed by atoms with E-state index in [1.165, 1.54) is 0 Å². The van der Waals surface area contributed by atoms with E-state index in [2.05, 4.69) is 20.4 Å². The molecule has 1 aliphatic rings. The van der Waals surface area contributed by atoms with Gasteiger partial charge in [0.1, 0.15) is 0 Å². The van der Waals surface area contributed by atoms with Crippen LogP contribution in [0.3, 0.4) is 0 Å². The molecular formula is C16H17Cl3N4O2. The number of rotatable bonds is 4. The topological polar surface area (TPSA) is 71.3 Å². The highest BCUT2D eigenvalue weighted by Crippen LogP contribution is 2.33. The maximum atomic E-state index is 12.4. The van der Waals surface area contributed by atoms with E-state index in [1.54, 1.807) is 19.1 Å². The van der Waals surface area contributed by atoms with E-state index in [-0.39, 0.29) is 18.4 Å². The van der Waals surface area contributed by atoms with E-state index in [4.69, 9.17) is 39.3 Å². The fourth-order valence-electron chi connectivity index (χ4n) is 2.92. The van der Waals surface area contributed by atoms with Crippen molar-refractivity contribution in [1.82, 2.24) is 15.0 Å². The second kappa shape index (κ2) is 7.91. The number of carbonyl (C=O) groups is 1. The van der Waals surface area contributed by atoms with Crippen LogP contribution in [-0.4, -0.2) is 40.6 Å². The fraction of sp³-hybridized carbons (Fsp3) is 0.438. The number of aromatic nitrogens is 2. The molecule has 1 aromatic carbocycles. The largest absolute Gasteiger partial charge is 0.339 e. The highest BCUT2D eigenvalue weighted by atomic mass is 35.5. The number of hydrogen-bond acceptors (Lipinski definition) is 5. The molecule has 134 valence electrons. The van der Waals surface area contributed by atoms with Gasteiger partial charge in [-0.15, -0.1) is 0 Å². The Balaban J connectivity index is 1.61. The number of aryl methyl sites for hydroxylation is 1. The average molecular weight is 404 g/mol. The molecule has 1 unspecified atom stereocenters. The molecule has 0 spiro atoms. The van der Waals surface area contributed by atoms with Gasteiger partial charge in [0.2, 0.25) is 11.8 Å². The van der Waals surface area contributed by atoms with Crippen molar-refractivity contribution in [2.75, 3.05) is 25.0 Å².